The molecule has 0 saturated carbocycles. The number of carbonyl (C=O) groups excluding carboxylic acids is 3. The van der Waals surface area contributed by atoms with Gasteiger partial charge in [0.15, 0.2) is 11.6 Å². The highest BCUT2D eigenvalue weighted by atomic mass is 16.5. The largest absolute Gasteiger partial charge is 0.497 e. The molecule has 0 radical (unpaired) electrons. The van der Waals surface area contributed by atoms with Gasteiger partial charge in [0, 0.05) is 56.1 Å². The van der Waals surface area contributed by atoms with Gasteiger partial charge in [-0.25, -0.2) is 0 Å². The Labute approximate surface area is 212 Å². The zero-order chi connectivity index (χ0) is 25.7. The lowest BCUT2D eigenvalue weighted by Gasteiger charge is -2.43. The molecule has 2 atom stereocenters. The summed E-state index contributed by atoms with van der Waals surface area (Å²) in [5.74, 6) is -0.846. The van der Waals surface area contributed by atoms with Gasteiger partial charge in [0.1, 0.15) is 5.75 Å². The third-order valence-corrected chi connectivity index (χ3v) is 6.90. The number of ketones is 2. The molecule has 1 aliphatic rings. The van der Waals surface area contributed by atoms with E-state index in [0.717, 1.165) is 5.56 Å². The summed E-state index contributed by atoms with van der Waals surface area (Å²) in [5, 5.41) is 0. The molecule has 3 aromatic rings. The van der Waals surface area contributed by atoms with Crippen LogP contribution in [-0.2, 0) is 4.79 Å². The Morgan fingerprint density at radius 2 is 1.33 bits per heavy atom. The molecular formula is C30H32N2O4. The first-order valence-corrected chi connectivity index (χ1v) is 12.1. The van der Waals surface area contributed by atoms with Crippen LogP contribution in [0.1, 0.15) is 32.2 Å². The second-order valence-corrected chi connectivity index (χ2v) is 9.46. The van der Waals surface area contributed by atoms with Crippen molar-refractivity contribution in [3.8, 4) is 5.75 Å². The number of hydrogen-bond donors (Lipinski definition) is 0. The minimum atomic E-state index is -0.513. The Balaban J connectivity index is 1.82. The standard InChI is InChI=1S/C30H32N2O4/c1-31(2)27(33)20-32-18-25(29(34)21-11-6-4-7-12-21)28(23-15-10-16-24(17-23)36-3)26(19-32)30(35)22-13-8-5-9-14-22/h4-17,25-26,28H,18-20H2,1-3H3. The van der Waals surface area contributed by atoms with E-state index in [-0.39, 0.29) is 29.9 Å². The summed E-state index contributed by atoms with van der Waals surface area (Å²) >= 11 is 0. The van der Waals surface area contributed by atoms with Gasteiger partial charge in [0.25, 0.3) is 0 Å². The van der Waals surface area contributed by atoms with Crippen LogP contribution in [0.15, 0.2) is 84.9 Å². The lowest BCUT2D eigenvalue weighted by Crippen LogP contribution is -2.52. The van der Waals surface area contributed by atoms with E-state index in [1.165, 1.54) is 4.90 Å². The number of Topliss-reactive ketones (excluding diaryl/α,β-unsaturated/α-hetero) is 2. The molecule has 2 unspecified atom stereocenters. The highest BCUT2D eigenvalue weighted by Gasteiger charge is 2.45. The lowest BCUT2D eigenvalue weighted by molar-refractivity contribution is -0.130. The summed E-state index contributed by atoms with van der Waals surface area (Å²) < 4.78 is 5.48. The summed E-state index contributed by atoms with van der Waals surface area (Å²) in [6, 6.07) is 26.0. The summed E-state index contributed by atoms with van der Waals surface area (Å²) in [7, 11) is 5.03. The van der Waals surface area contributed by atoms with Crippen molar-refractivity contribution in [3.05, 3.63) is 102 Å². The van der Waals surface area contributed by atoms with Gasteiger partial charge in [0.05, 0.1) is 13.7 Å². The van der Waals surface area contributed by atoms with Crippen molar-refractivity contribution >= 4 is 17.5 Å². The third kappa shape index (κ3) is 5.55. The van der Waals surface area contributed by atoms with E-state index in [4.69, 9.17) is 4.74 Å². The van der Waals surface area contributed by atoms with E-state index in [0.29, 0.717) is 30.0 Å². The predicted molar refractivity (Wildman–Crippen MR) is 139 cm³/mol. The fraction of sp³-hybridized carbons (Fsp3) is 0.300. The molecule has 1 amide bonds. The van der Waals surface area contributed by atoms with Gasteiger partial charge in [-0.05, 0) is 17.7 Å². The zero-order valence-electron chi connectivity index (χ0n) is 21.0. The van der Waals surface area contributed by atoms with Crippen LogP contribution in [0.4, 0.5) is 0 Å². The number of rotatable bonds is 8. The topological polar surface area (TPSA) is 66.9 Å². The summed E-state index contributed by atoms with van der Waals surface area (Å²) in [5.41, 5.74) is 2.08. The quantitative estimate of drug-likeness (QED) is 0.449. The Morgan fingerprint density at radius 3 is 1.81 bits per heavy atom. The van der Waals surface area contributed by atoms with Crippen molar-refractivity contribution in [2.45, 2.75) is 5.92 Å². The molecule has 3 aromatic carbocycles. The van der Waals surface area contributed by atoms with E-state index < -0.39 is 11.8 Å². The van der Waals surface area contributed by atoms with Gasteiger partial charge in [-0.1, -0.05) is 72.8 Å². The first kappa shape index (κ1) is 25.3. The Hall–Kier alpha value is -3.77. The summed E-state index contributed by atoms with van der Waals surface area (Å²) in [4.78, 5) is 44.0. The number of likely N-dealkylation sites (N-methyl/N-ethyl adjacent to an activating group) is 1. The number of ether oxygens (including phenoxy) is 1. The van der Waals surface area contributed by atoms with Gasteiger partial charge in [-0.15, -0.1) is 0 Å². The van der Waals surface area contributed by atoms with Gasteiger partial charge >= 0.3 is 0 Å². The first-order valence-electron chi connectivity index (χ1n) is 12.1. The van der Waals surface area contributed by atoms with Crippen LogP contribution in [0.2, 0.25) is 0 Å². The molecular weight excluding hydrogens is 452 g/mol. The van der Waals surface area contributed by atoms with Crippen molar-refractivity contribution < 1.29 is 19.1 Å². The fourth-order valence-corrected chi connectivity index (χ4v) is 5.04. The molecule has 186 valence electrons. The van der Waals surface area contributed by atoms with Crippen LogP contribution < -0.4 is 4.74 Å². The molecule has 0 bridgehead atoms. The number of carbonyl (C=O) groups is 3. The molecule has 1 heterocycles. The molecule has 0 spiro atoms. The number of methoxy groups -OCH3 is 1. The van der Waals surface area contributed by atoms with Gasteiger partial charge < -0.3 is 9.64 Å². The molecule has 6 nitrogen and oxygen atoms in total. The van der Waals surface area contributed by atoms with Crippen molar-refractivity contribution in [3.63, 3.8) is 0 Å². The number of likely N-dealkylation sites (tertiary alicyclic amines) is 1. The number of hydrogen-bond acceptors (Lipinski definition) is 5. The molecule has 1 fully saturated rings. The van der Waals surface area contributed by atoms with Crippen LogP contribution in [-0.4, -0.2) is 68.1 Å². The van der Waals surface area contributed by atoms with Gasteiger partial charge in [-0.2, -0.15) is 0 Å². The molecule has 0 aliphatic carbocycles. The molecule has 0 aromatic heterocycles. The summed E-state index contributed by atoms with van der Waals surface area (Å²) in [6.07, 6.45) is 0. The van der Waals surface area contributed by atoms with Gasteiger partial charge in [-0.3, -0.25) is 19.3 Å². The maximum absolute atomic E-state index is 13.9. The Kier molecular flexibility index (Phi) is 7.96. The first-order chi connectivity index (χ1) is 17.4. The number of amides is 1. The molecule has 1 saturated heterocycles. The molecule has 1 aliphatic heterocycles. The van der Waals surface area contributed by atoms with Crippen LogP contribution >= 0.6 is 0 Å². The second-order valence-electron chi connectivity index (χ2n) is 9.46. The lowest BCUT2D eigenvalue weighted by atomic mass is 9.68. The monoisotopic (exact) mass is 484 g/mol. The van der Waals surface area contributed by atoms with Gasteiger partial charge in [0.2, 0.25) is 5.91 Å². The third-order valence-electron chi connectivity index (χ3n) is 6.90. The molecule has 4 rings (SSSR count). The highest BCUT2D eigenvalue weighted by Crippen LogP contribution is 2.41. The maximum atomic E-state index is 13.9. The van der Waals surface area contributed by atoms with E-state index in [9.17, 15) is 14.4 Å². The SMILES string of the molecule is COc1cccc(C2C(C(=O)c3ccccc3)CN(CC(=O)N(C)C)CC2C(=O)c2ccccc2)c1. The van der Waals surface area contributed by atoms with Crippen LogP contribution in [0.3, 0.4) is 0 Å². The zero-order valence-corrected chi connectivity index (χ0v) is 21.0. The molecule has 0 N–H and O–H groups in total. The minimum absolute atomic E-state index is 0.0312. The Bertz CT molecular complexity index is 1150. The van der Waals surface area contributed by atoms with Crippen molar-refractivity contribution in [1.82, 2.24) is 9.80 Å². The van der Waals surface area contributed by atoms with Crippen molar-refractivity contribution in [2.24, 2.45) is 11.8 Å². The van der Waals surface area contributed by atoms with E-state index in [1.54, 1.807) is 21.2 Å². The average Bonchev–Trinajstić information content (AvgIpc) is 2.92. The van der Waals surface area contributed by atoms with Crippen molar-refractivity contribution in [1.29, 1.82) is 0 Å². The molecule has 36 heavy (non-hydrogen) atoms. The smallest absolute Gasteiger partial charge is 0.236 e. The molecule has 6 heteroatoms. The minimum Gasteiger partial charge on any atom is -0.497 e. The fourth-order valence-electron chi connectivity index (χ4n) is 5.04. The number of benzene rings is 3. The highest BCUT2D eigenvalue weighted by molar-refractivity contribution is 6.02. The summed E-state index contributed by atoms with van der Waals surface area (Å²) in [6.45, 7) is 0.913. The average molecular weight is 485 g/mol. The number of piperidine rings is 1. The normalized spacial score (nSPS) is 19.9. The van der Waals surface area contributed by atoms with E-state index in [2.05, 4.69) is 0 Å². The predicted octanol–water partition coefficient (Wildman–Crippen LogP) is 4.18. The van der Waals surface area contributed by atoms with E-state index in [1.807, 2.05) is 89.8 Å². The van der Waals surface area contributed by atoms with Crippen LogP contribution in [0.5, 0.6) is 5.75 Å². The van der Waals surface area contributed by atoms with E-state index >= 15 is 0 Å². The van der Waals surface area contributed by atoms with Crippen LogP contribution in [0, 0.1) is 11.8 Å². The van der Waals surface area contributed by atoms with Crippen LogP contribution in [0.25, 0.3) is 0 Å². The Morgan fingerprint density at radius 1 is 0.806 bits per heavy atom. The second kappa shape index (κ2) is 11.3. The van der Waals surface area contributed by atoms with Crippen molar-refractivity contribution in [2.75, 3.05) is 40.8 Å². The number of nitrogens with zero attached hydrogens (tertiary/aromatic N) is 2. The maximum Gasteiger partial charge on any atom is 0.236 e.